The van der Waals surface area contributed by atoms with Crippen LogP contribution in [0.4, 0.5) is 0 Å². The predicted octanol–water partition coefficient (Wildman–Crippen LogP) is 3.15. The lowest BCUT2D eigenvalue weighted by Crippen LogP contribution is -2.59. The fourth-order valence-corrected chi connectivity index (χ4v) is 4.70. The lowest BCUT2D eigenvalue weighted by molar-refractivity contribution is -0.125. The molecule has 0 atom stereocenters. The van der Waals surface area contributed by atoms with Crippen LogP contribution in [0.3, 0.4) is 0 Å². The van der Waals surface area contributed by atoms with Gasteiger partial charge in [-0.25, -0.2) is 4.79 Å². The van der Waals surface area contributed by atoms with Crippen molar-refractivity contribution in [2.45, 2.75) is 37.6 Å². The van der Waals surface area contributed by atoms with E-state index in [0.717, 1.165) is 49.9 Å². The SMILES string of the molecule is O=C(COC(=O)c1ccc2ccccc2c1)NCC1(N2CCOCC2)CCCCC1. The molecule has 160 valence electrons. The molecule has 2 aliphatic rings. The van der Waals surface area contributed by atoms with Crippen molar-refractivity contribution in [2.75, 3.05) is 39.5 Å². The van der Waals surface area contributed by atoms with Gasteiger partial charge in [-0.05, 0) is 35.7 Å². The highest BCUT2D eigenvalue weighted by Crippen LogP contribution is 2.33. The summed E-state index contributed by atoms with van der Waals surface area (Å²) in [6.07, 6.45) is 5.80. The molecule has 4 rings (SSSR count). The van der Waals surface area contributed by atoms with Gasteiger partial charge in [-0.1, -0.05) is 49.6 Å². The van der Waals surface area contributed by atoms with E-state index in [1.54, 1.807) is 12.1 Å². The van der Waals surface area contributed by atoms with E-state index in [9.17, 15) is 9.59 Å². The third-order valence-electron chi connectivity index (χ3n) is 6.40. The molecule has 1 aliphatic heterocycles. The molecule has 1 heterocycles. The van der Waals surface area contributed by atoms with E-state index in [4.69, 9.17) is 9.47 Å². The van der Waals surface area contributed by atoms with E-state index in [0.29, 0.717) is 12.1 Å². The first-order valence-corrected chi connectivity index (χ1v) is 10.9. The monoisotopic (exact) mass is 410 g/mol. The Morgan fingerprint density at radius 2 is 1.73 bits per heavy atom. The number of carbonyl (C=O) groups excluding carboxylic acids is 2. The van der Waals surface area contributed by atoms with Crippen molar-refractivity contribution in [3.05, 3.63) is 48.0 Å². The molecular formula is C24H30N2O4. The Morgan fingerprint density at radius 1 is 1.00 bits per heavy atom. The molecule has 6 nitrogen and oxygen atoms in total. The maximum atomic E-state index is 12.4. The molecule has 0 radical (unpaired) electrons. The van der Waals surface area contributed by atoms with Gasteiger partial charge in [-0.2, -0.15) is 0 Å². The van der Waals surface area contributed by atoms with Crippen molar-refractivity contribution in [1.29, 1.82) is 0 Å². The van der Waals surface area contributed by atoms with E-state index < -0.39 is 5.97 Å². The number of carbonyl (C=O) groups is 2. The molecule has 0 bridgehead atoms. The van der Waals surface area contributed by atoms with E-state index in [1.165, 1.54) is 19.3 Å². The molecule has 1 saturated carbocycles. The minimum Gasteiger partial charge on any atom is -0.452 e. The molecule has 6 heteroatoms. The van der Waals surface area contributed by atoms with Crippen LogP contribution in [-0.2, 0) is 14.3 Å². The van der Waals surface area contributed by atoms with Gasteiger partial charge in [0.1, 0.15) is 0 Å². The number of hydrogen-bond donors (Lipinski definition) is 1. The molecule has 0 unspecified atom stereocenters. The Bertz CT molecular complexity index is 886. The number of ether oxygens (including phenoxy) is 2. The molecule has 0 spiro atoms. The summed E-state index contributed by atoms with van der Waals surface area (Å²) in [6, 6.07) is 13.3. The molecule has 1 aliphatic carbocycles. The standard InChI is InChI=1S/C24H30N2O4/c27-22(17-30-23(28)21-9-8-19-6-2-3-7-20(19)16-21)25-18-24(10-4-1-5-11-24)26-12-14-29-15-13-26/h2-3,6-9,16H,1,4-5,10-15,17-18H2,(H,25,27). The quantitative estimate of drug-likeness (QED) is 0.741. The molecule has 0 aromatic heterocycles. The lowest BCUT2D eigenvalue weighted by Gasteiger charge is -2.48. The average molecular weight is 411 g/mol. The van der Waals surface area contributed by atoms with Crippen molar-refractivity contribution in [3.63, 3.8) is 0 Å². The van der Waals surface area contributed by atoms with Crippen LogP contribution >= 0.6 is 0 Å². The lowest BCUT2D eigenvalue weighted by atomic mass is 9.79. The van der Waals surface area contributed by atoms with Gasteiger partial charge >= 0.3 is 5.97 Å². The highest BCUT2D eigenvalue weighted by Gasteiger charge is 2.38. The van der Waals surface area contributed by atoms with Crippen LogP contribution in [0.15, 0.2) is 42.5 Å². The zero-order chi connectivity index (χ0) is 20.8. The molecule has 1 saturated heterocycles. The third kappa shape index (κ3) is 4.82. The molecule has 30 heavy (non-hydrogen) atoms. The van der Waals surface area contributed by atoms with Crippen molar-refractivity contribution in [1.82, 2.24) is 10.2 Å². The molecule has 2 aromatic rings. The van der Waals surface area contributed by atoms with Crippen LogP contribution in [-0.4, -0.2) is 61.8 Å². The topological polar surface area (TPSA) is 67.9 Å². The van der Waals surface area contributed by atoms with Gasteiger partial charge < -0.3 is 14.8 Å². The Morgan fingerprint density at radius 3 is 2.50 bits per heavy atom. The van der Waals surface area contributed by atoms with E-state index in [-0.39, 0.29) is 18.1 Å². The number of benzene rings is 2. The summed E-state index contributed by atoms with van der Waals surface area (Å²) in [5, 5.41) is 5.06. The van der Waals surface area contributed by atoms with E-state index in [2.05, 4.69) is 10.2 Å². The largest absolute Gasteiger partial charge is 0.452 e. The van der Waals surface area contributed by atoms with Crippen LogP contribution in [0.1, 0.15) is 42.5 Å². The first-order chi connectivity index (χ1) is 14.7. The van der Waals surface area contributed by atoms with Gasteiger partial charge in [0.2, 0.25) is 0 Å². The number of esters is 1. The highest BCUT2D eigenvalue weighted by atomic mass is 16.5. The van der Waals surface area contributed by atoms with Gasteiger partial charge in [0, 0.05) is 25.2 Å². The zero-order valence-corrected chi connectivity index (χ0v) is 17.4. The van der Waals surface area contributed by atoms with E-state index >= 15 is 0 Å². The molecular weight excluding hydrogens is 380 g/mol. The van der Waals surface area contributed by atoms with Crippen LogP contribution < -0.4 is 5.32 Å². The number of amides is 1. The number of morpholine rings is 1. The van der Waals surface area contributed by atoms with E-state index in [1.807, 2.05) is 30.3 Å². The van der Waals surface area contributed by atoms with Crippen LogP contribution in [0.25, 0.3) is 10.8 Å². The molecule has 2 fully saturated rings. The van der Waals surface area contributed by atoms with Crippen molar-refractivity contribution in [2.24, 2.45) is 0 Å². The second kappa shape index (κ2) is 9.58. The number of nitrogens with zero attached hydrogens (tertiary/aromatic N) is 1. The summed E-state index contributed by atoms with van der Waals surface area (Å²) in [4.78, 5) is 27.3. The zero-order valence-electron chi connectivity index (χ0n) is 17.4. The second-order valence-corrected chi connectivity index (χ2v) is 8.30. The summed E-state index contributed by atoms with van der Waals surface area (Å²) in [7, 11) is 0. The maximum absolute atomic E-state index is 12.4. The highest BCUT2D eigenvalue weighted by molar-refractivity contribution is 5.96. The van der Waals surface area contributed by atoms with Crippen LogP contribution in [0.2, 0.25) is 0 Å². The summed E-state index contributed by atoms with van der Waals surface area (Å²) < 4.78 is 10.8. The van der Waals surface area contributed by atoms with Gasteiger partial charge in [-0.15, -0.1) is 0 Å². The fourth-order valence-electron chi connectivity index (χ4n) is 4.70. The van der Waals surface area contributed by atoms with Gasteiger partial charge in [0.15, 0.2) is 6.61 Å². The molecule has 1 amide bonds. The summed E-state index contributed by atoms with van der Waals surface area (Å²) in [5.74, 6) is -0.723. The Kier molecular flexibility index (Phi) is 6.65. The van der Waals surface area contributed by atoms with Crippen LogP contribution in [0, 0.1) is 0 Å². The fraction of sp³-hybridized carbons (Fsp3) is 0.500. The Hall–Kier alpha value is -2.44. The van der Waals surface area contributed by atoms with Crippen LogP contribution in [0.5, 0.6) is 0 Å². The maximum Gasteiger partial charge on any atom is 0.338 e. The summed E-state index contributed by atoms with van der Waals surface area (Å²) in [6.45, 7) is 3.65. The van der Waals surface area contributed by atoms with Gasteiger partial charge in [-0.3, -0.25) is 9.69 Å². The summed E-state index contributed by atoms with van der Waals surface area (Å²) in [5.41, 5.74) is 0.457. The third-order valence-corrected chi connectivity index (χ3v) is 6.40. The Balaban J connectivity index is 1.31. The van der Waals surface area contributed by atoms with Crippen molar-refractivity contribution in [3.8, 4) is 0 Å². The number of rotatable bonds is 6. The number of fused-ring (bicyclic) bond motifs is 1. The minimum atomic E-state index is -0.475. The molecule has 1 N–H and O–H groups in total. The van der Waals surface area contributed by atoms with Gasteiger partial charge in [0.05, 0.1) is 18.8 Å². The second-order valence-electron chi connectivity index (χ2n) is 8.30. The minimum absolute atomic E-state index is 0.0000442. The van der Waals surface area contributed by atoms with Crippen molar-refractivity contribution >= 4 is 22.6 Å². The van der Waals surface area contributed by atoms with Crippen molar-refractivity contribution < 1.29 is 19.1 Å². The predicted molar refractivity (Wildman–Crippen MR) is 115 cm³/mol. The first-order valence-electron chi connectivity index (χ1n) is 10.9. The number of hydrogen-bond acceptors (Lipinski definition) is 5. The summed E-state index contributed by atoms with van der Waals surface area (Å²) >= 11 is 0. The normalized spacial score (nSPS) is 19.3. The molecule has 2 aromatic carbocycles. The average Bonchev–Trinajstić information content (AvgIpc) is 2.82. The number of nitrogens with one attached hydrogen (secondary N) is 1. The first kappa shape index (κ1) is 20.8. The van der Waals surface area contributed by atoms with Gasteiger partial charge in [0.25, 0.3) is 5.91 Å². The Labute approximate surface area is 177 Å². The smallest absolute Gasteiger partial charge is 0.338 e.